The Kier molecular flexibility index (Phi) is 9.38. The molecule has 2 heterocycles. The summed E-state index contributed by atoms with van der Waals surface area (Å²) in [6.45, 7) is 4.45. The summed E-state index contributed by atoms with van der Waals surface area (Å²) in [5.41, 5.74) is 4.09. The maximum Gasteiger partial charge on any atom is 0.222 e. The Labute approximate surface area is 209 Å². The van der Waals surface area contributed by atoms with Crippen LogP contribution >= 0.6 is 24.0 Å². The second kappa shape index (κ2) is 12.2. The van der Waals surface area contributed by atoms with E-state index < -0.39 is 0 Å². The number of aliphatic imine (C=N–C) groups is 1. The van der Waals surface area contributed by atoms with Crippen molar-refractivity contribution in [3.8, 4) is 0 Å². The maximum atomic E-state index is 12.7. The minimum atomic E-state index is 0. The van der Waals surface area contributed by atoms with Crippen molar-refractivity contribution in [2.75, 3.05) is 33.2 Å². The maximum absolute atomic E-state index is 12.7. The van der Waals surface area contributed by atoms with Crippen LogP contribution in [0.25, 0.3) is 0 Å². The van der Waals surface area contributed by atoms with E-state index in [4.69, 9.17) is 0 Å². The van der Waals surface area contributed by atoms with E-state index in [1.807, 2.05) is 11.9 Å². The minimum absolute atomic E-state index is 0. The zero-order chi connectivity index (χ0) is 21.5. The molecule has 2 aromatic rings. The Morgan fingerprint density at radius 3 is 2.56 bits per heavy atom. The van der Waals surface area contributed by atoms with Crippen LogP contribution < -0.4 is 5.32 Å². The van der Waals surface area contributed by atoms with Gasteiger partial charge in [-0.15, -0.1) is 24.0 Å². The van der Waals surface area contributed by atoms with Crippen molar-refractivity contribution < 1.29 is 4.79 Å². The van der Waals surface area contributed by atoms with Gasteiger partial charge in [0.15, 0.2) is 5.96 Å². The molecule has 0 radical (unpaired) electrons. The number of nitrogens with zero attached hydrogens (tertiary/aromatic N) is 3. The van der Waals surface area contributed by atoms with Gasteiger partial charge < -0.3 is 15.1 Å². The molecular formula is C26H35IN4O. The molecule has 1 atom stereocenters. The van der Waals surface area contributed by atoms with E-state index in [9.17, 15) is 4.79 Å². The first kappa shape index (κ1) is 24.6. The molecule has 1 saturated heterocycles. The molecule has 0 bridgehead atoms. The molecule has 2 aliphatic rings. The van der Waals surface area contributed by atoms with E-state index >= 15 is 0 Å². The summed E-state index contributed by atoms with van der Waals surface area (Å²) in [5, 5.41) is 3.47. The molecule has 0 aliphatic carbocycles. The van der Waals surface area contributed by atoms with Crippen molar-refractivity contribution in [3.05, 3.63) is 71.3 Å². The third-order valence-corrected chi connectivity index (χ3v) is 6.50. The molecule has 4 rings (SSSR count). The summed E-state index contributed by atoms with van der Waals surface area (Å²) < 4.78 is 0. The predicted octanol–water partition coefficient (Wildman–Crippen LogP) is 4.11. The Morgan fingerprint density at radius 1 is 1.03 bits per heavy atom. The van der Waals surface area contributed by atoms with Crippen molar-refractivity contribution in [1.29, 1.82) is 0 Å². The number of carbonyl (C=O) groups excluding carboxylic acids is 1. The van der Waals surface area contributed by atoms with Gasteiger partial charge in [0, 0.05) is 46.2 Å². The molecule has 0 saturated carbocycles. The highest BCUT2D eigenvalue weighted by atomic mass is 127. The van der Waals surface area contributed by atoms with Gasteiger partial charge in [-0.3, -0.25) is 9.79 Å². The van der Waals surface area contributed by atoms with Gasteiger partial charge in [0.1, 0.15) is 0 Å². The Bertz CT molecular complexity index is 902. The Hall–Kier alpha value is -2.09. The van der Waals surface area contributed by atoms with Crippen molar-refractivity contribution >= 4 is 35.8 Å². The third-order valence-electron chi connectivity index (χ3n) is 6.50. The van der Waals surface area contributed by atoms with Crippen LogP contribution in [-0.2, 0) is 24.2 Å². The van der Waals surface area contributed by atoms with E-state index in [0.29, 0.717) is 12.3 Å². The van der Waals surface area contributed by atoms with E-state index in [1.165, 1.54) is 23.1 Å². The lowest BCUT2D eigenvalue weighted by atomic mass is 9.99. The van der Waals surface area contributed by atoms with Crippen LogP contribution in [0.4, 0.5) is 0 Å². The summed E-state index contributed by atoms with van der Waals surface area (Å²) >= 11 is 0. The van der Waals surface area contributed by atoms with Gasteiger partial charge in [-0.05, 0) is 48.3 Å². The first-order chi connectivity index (χ1) is 15.2. The molecule has 0 aromatic heterocycles. The van der Waals surface area contributed by atoms with Crippen molar-refractivity contribution in [2.45, 2.75) is 38.6 Å². The van der Waals surface area contributed by atoms with Crippen LogP contribution in [-0.4, -0.2) is 54.9 Å². The smallest absolute Gasteiger partial charge is 0.222 e. The summed E-state index contributed by atoms with van der Waals surface area (Å²) in [6.07, 6.45) is 4.71. The molecule has 1 N–H and O–H groups in total. The molecule has 6 heteroatoms. The highest BCUT2D eigenvalue weighted by molar-refractivity contribution is 14.0. The number of fused-ring (bicyclic) bond motifs is 1. The summed E-state index contributed by atoms with van der Waals surface area (Å²) in [6, 6.07) is 19.2. The Morgan fingerprint density at radius 2 is 1.78 bits per heavy atom. The molecule has 2 aliphatic heterocycles. The van der Waals surface area contributed by atoms with Crippen LogP contribution in [0.1, 0.15) is 36.0 Å². The van der Waals surface area contributed by atoms with Gasteiger partial charge in [0.05, 0.1) is 0 Å². The Balaban J connectivity index is 0.00000289. The number of amides is 1. The molecule has 2 aromatic carbocycles. The van der Waals surface area contributed by atoms with Crippen LogP contribution in [0.3, 0.4) is 0 Å². The number of hydrogen-bond acceptors (Lipinski definition) is 2. The summed E-state index contributed by atoms with van der Waals surface area (Å²) in [7, 11) is 1.85. The average molecular weight is 546 g/mol. The lowest BCUT2D eigenvalue weighted by Gasteiger charge is -2.29. The number of halogens is 1. The van der Waals surface area contributed by atoms with E-state index in [-0.39, 0.29) is 29.9 Å². The number of benzene rings is 2. The zero-order valence-corrected chi connectivity index (χ0v) is 21.3. The molecule has 1 amide bonds. The quantitative estimate of drug-likeness (QED) is 0.257. The van der Waals surface area contributed by atoms with Crippen LogP contribution in [0, 0.1) is 5.92 Å². The number of hydrogen-bond donors (Lipinski definition) is 1. The monoisotopic (exact) mass is 546 g/mol. The van der Waals surface area contributed by atoms with E-state index in [2.05, 4.69) is 69.8 Å². The van der Waals surface area contributed by atoms with Gasteiger partial charge in [-0.1, -0.05) is 54.6 Å². The number of rotatable bonds is 6. The van der Waals surface area contributed by atoms with E-state index in [0.717, 1.165) is 57.9 Å². The summed E-state index contributed by atoms with van der Waals surface area (Å²) in [4.78, 5) is 21.5. The average Bonchev–Trinajstić information content (AvgIpc) is 3.27. The van der Waals surface area contributed by atoms with Gasteiger partial charge in [0.2, 0.25) is 5.91 Å². The van der Waals surface area contributed by atoms with Gasteiger partial charge >= 0.3 is 0 Å². The SMILES string of the molecule is CN=C(NCCCC(=O)N1CCc2ccccc2C1)N1CCC(Cc2ccccc2)C1.I. The highest BCUT2D eigenvalue weighted by Gasteiger charge is 2.25. The molecule has 5 nitrogen and oxygen atoms in total. The number of nitrogens with one attached hydrogen (secondary N) is 1. The molecule has 172 valence electrons. The van der Waals surface area contributed by atoms with Gasteiger partial charge in [-0.2, -0.15) is 0 Å². The normalized spacial score (nSPS) is 18.2. The van der Waals surface area contributed by atoms with Crippen molar-refractivity contribution in [3.63, 3.8) is 0 Å². The molecule has 1 fully saturated rings. The van der Waals surface area contributed by atoms with Crippen LogP contribution in [0.2, 0.25) is 0 Å². The fourth-order valence-corrected chi connectivity index (χ4v) is 4.78. The standard InChI is InChI=1S/C26H34N4O.HI/c1-27-26(30-16-13-22(19-30)18-21-8-3-2-4-9-21)28-15-7-12-25(31)29-17-14-23-10-5-6-11-24(23)20-29;/h2-6,8-11,22H,7,12-20H2,1H3,(H,27,28);1H. The first-order valence-corrected chi connectivity index (χ1v) is 11.6. The lowest BCUT2D eigenvalue weighted by molar-refractivity contribution is -0.132. The number of likely N-dealkylation sites (tertiary alicyclic amines) is 1. The lowest BCUT2D eigenvalue weighted by Crippen LogP contribution is -2.41. The molecule has 32 heavy (non-hydrogen) atoms. The number of carbonyl (C=O) groups is 1. The summed E-state index contributed by atoms with van der Waals surface area (Å²) in [5.74, 6) is 1.90. The molecule has 0 spiro atoms. The molecular weight excluding hydrogens is 511 g/mol. The second-order valence-corrected chi connectivity index (χ2v) is 8.70. The minimum Gasteiger partial charge on any atom is -0.356 e. The highest BCUT2D eigenvalue weighted by Crippen LogP contribution is 2.21. The van der Waals surface area contributed by atoms with Crippen LogP contribution in [0.5, 0.6) is 0 Å². The number of guanidine groups is 1. The third kappa shape index (κ3) is 6.47. The fourth-order valence-electron chi connectivity index (χ4n) is 4.78. The van der Waals surface area contributed by atoms with Crippen molar-refractivity contribution in [2.24, 2.45) is 10.9 Å². The zero-order valence-electron chi connectivity index (χ0n) is 19.0. The van der Waals surface area contributed by atoms with Crippen LogP contribution in [0.15, 0.2) is 59.6 Å². The van der Waals surface area contributed by atoms with E-state index in [1.54, 1.807) is 0 Å². The fraction of sp³-hybridized carbons (Fsp3) is 0.462. The van der Waals surface area contributed by atoms with Gasteiger partial charge in [-0.25, -0.2) is 0 Å². The van der Waals surface area contributed by atoms with Crippen molar-refractivity contribution in [1.82, 2.24) is 15.1 Å². The first-order valence-electron chi connectivity index (χ1n) is 11.6. The van der Waals surface area contributed by atoms with Gasteiger partial charge in [0.25, 0.3) is 0 Å². The topological polar surface area (TPSA) is 47.9 Å². The predicted molar refractivity (Wildman–Crippen MR) is 141 cm³/mol. The molecule has 1 unspecified atom stereocenters. The largest absolute Gasteiger partial charge is 0.356 e. The second-order valence-electron chi connectivity index (χ2n) is 8.70.